The average Bonchev–Trinajstić information content (AvgIpc) is 2.84. The number of ether oxygens (including phenoxy) is 1. The molecule has 0 spiro atoms. The predicted octanol–water partition coefficient (Wildman–Crippen LogP) is 0.935. The van der Waals surface area contributed by atoms with E-state index in [2.05, 4.69) is 20.6 Å². The molecule has 0 aliphatic rings. The smallest absolute Gasteiger partial charge is 0.171 e. The molecule has 1 N–H and O–H groups in total. The predicted molar refractivity (Wildman–Crippen MR) is 64.1 cm³/mol. The molecular weight excluding hydrogens is 232 g/mol. The molecule has 0 unspecified atom stereocenters. The lowest BCUT2D eigenvalue weighted by Gasteiger charge is -2.02. The summed E-state index contributed by atoms with van der Waals surface area (Å²) in [6, 6.07) is 3.65. The average molecular weight is 244 g/mol. The van der Waals surface area contributed by atoms with Gasteiger partial charge in [-0.25, -0.2) is 0 Å². The Morgan fingerprint density at radius 3 is 3.22 bits per heavy atom. The first-order valence-corrected chi connectivity index (χ1v) is 5.33. The summed E-state index contributed by atoms with van der Waals surface area (Å²) in [5.41, 5.74) is 1.19. The van der Waals surface area contributed by atoms with Crippen LogP contribution in [-0.4, -0.2) is 33.7 Å². The second-order valence-corrected chi connectivity index (χ2v) is 3.52. The molecule has 0 aromatic carbocycles. The minimum atomic E-state index is 0.422. The summed E-state index contributed by atoms with van der Waals surface area (Å²) in [6.45, 7) is 1.26. The third kappa shape index (κ3) is 2.81. The van der Waals surface area contributed by atoms with Crippen LogP contribution in [0.3, 0.4) is 0 Å². The van der Waals surface area contributed by atoms with Gasteiger partial charge in [-0.15, -0.1) is 5.10 Å². The quantitative estimate of drug-likeness (QED) is 0.841. The molecule has 2 rings (SSSR count). The number of nitriles is 1. The standard InChI is InChI=1S/C11H12N6O/c1-18-5-4-17-8-10(7-14-17)15-11-9(6-12)2-3-13-16-11/h2-3,7-8H,4-5H2,1H3,(H,15,16). The first kappa shape index (κ1) is 12.0. The van der Waals surface area contributed by atoms with Gasteiger partial charge in [0.15, 0.2) is 5.82 Å². The fourth-order valence-electron chi connectivity index (χ4n) is 1.39. The first-order valence-electron chi connectivity index (χ1n) is 5.33. The van der Waals surface area contributed by atoms with E-state index in [1.54, 1.807) is 24.1 Å². The van der Waals surface area contributed by atoms with E-state index in [0.717, 1.165) is 5.69 Å². The normalized spacial score (nSPS) is 10.0. The molecule has 0 saturated carbocycles. The number of aromatic nitrogens is 4. The molecule has 7 heteroatoms. The Balaban J connectivity index is 2.09. The van der Waals surface area contributed by atoms with Gasteiger partial charge in [-0.1, -0.05) is 0 Å². The van der Waals surface area contributed by atoms with Gasteiger partial charge in [0.05, 0.1) is 36.8 Å². The highest BCUT2D eigenvalue weighted by molar-refractivity contribution is 5.60. The van der Waals surface area contributed by atoms with Crippen molar-refractivity contribution in [2.24, 2.45) is 0 Å². The number of nitrogens with zero attached hydrogens (tertiary/aromatic N) is 5. The van der Waals surface area contributed by atoms with Crippen molar-refractivity contribution >= 4 is 11.5 Å². The lowest BCUT2D eigenvalue weighted by atomic mass is 10.3. The van der Waals surface area contributed by atoms with Gasteiger partial charge in [-0.05, 0) is 6.07 Å². The molecule has 7 nitrogen and oxygen atoms in total. The second kappa shape index (κ2) is 5.75. The van der Waals surface area contributed by atoms with Gasteiger partial charge in [0.25, 0.3) is 0 Å². The van der Waals surface area contributed by atoms with Gasteiger partial charge in [-0.2, -0.15) is 15.5 Å². The monoisotopic (exact) mass is 244 g/mol. The van der Waals surface area contributed by atoms with Crippen LogP contribution in [0.5, 0.6) is 0 Å². The van der Waals surface area contributed by atoms with Crippen molar-refractivity contribution in [1.29, 1.82) is 5.26 Å². The van der Waals surface area contributed by atoms with Crippen molar-refractivity contribution in [2.45, 2.75) is 6.54 Å². The molecule has 0 bridgehead atoms. The summed E-state index contributed by atoms with van der Waals surface area (Å²) in [4.78, 5) is 0. The van der Waals surface area contributed by atoms with Gasteiger partial charge >= 0.3 is 0 Å². The summed E-state index contributed by atoms with van der Waals surface area (Å²) in [7, 11) is 1.64. The van der Waals surface area contributed by atoms with Crippen LogP contribution in [0.25, 0.3) is 0 Å². The molecule has 0 aliphatic heterocycles. The van der Waals surface area contributed by atoms with Gasteiger partial charge < -0.3 is 10.1 Å². The van der Waals surface area contributed by atoms with Crippen molar-refractivity contribution in [3.05, 3.63) is 30.2 Å². The number of hydrogen-bond acceptors (Lipinski definition) is 6. The number of anilines is 2. The van der Waals surface area contributed by atoms with E-state index in [1.807, 2.05) is 12.3 Å². The lowest BCUT2D eigenvalue weighted by molar-refractivity contribution is 0.183. The van der Waals surface area contributed by atoms with Gasteiger partial charge in [-0.3, -0.25) is 4.68 Å². The minimum absolute atomic E-state index is 0.422. The molecule has 0 atom stereocenters. The maximum Gasteiger partial charge on any atom is 0.171 e. The lowest BCUT2D eigenvalue weighted by Crippen LogP contribution is -2.04. The van der Waals surface area contributed by atoms with Crippen molar-refractivity contribution in [3.63, 3.8) is 0 Å². The molecule has 2 heterocycles. The van der Waals surface area contributed by atoms with Crippen LogP contribution in [0.1, 0.15) is 5.56 Å². The largest absolute Gasteiger partial charge is 0.383 e. The van der Waals surface area contributed by atoms with E-state index in [1.165, 1.54) is 6.20 Å². The van der Waals surface area contributed by atoms with Crippen LogP contribution in [0, 0.1) is 11.3 Å². The van der Waals surface area contributed by atoms with Gasteiger partial charge in [0.2, 0.25) is 0 Å². The summed E-state index contributed by atoms with van der Waals surface area (Å²) in [5.74, 6) is 0.422. The fraction of sp³-hybridized carbons (Fsp3) is 0.273. The topological polar surface area (TPSA) is 88.6 Å². The summed E-state index contributed by atoms with van der Waals surface area (Å²) in [5, 5.41) is 23.7. The summed E-state index contributed by atoms with van der Waals surface area (Å²) in [6.07, 6.45) is 4.95. The van der Waals surface area contributed by atoms with E-state index < -0.39 is 0 Å². The van der Waals surface area contributed by atoms with E-state index in [9.17, 15) is 0 Å². The Labute approximate surface area is 104 Å². The fourth-order valence-corrected chi connectivity index (χ4v) is 1.39. The zero-order valence-electron chi connectivity index (χ0n) is 9.87. The van der Waals surface area contributed by atoms with Crippen LogP contribution in [-0.2, 0) is 11.3 Å². The zero-order valence-corrected chi connectivity index (χ0v) is 9.87. The van der Waals surface area contributed by atoms with Crippen LogP contribution in [0.2, 0.25) is 0 Å². The Kier molecular flexibility index (Phi) is 3.83. The number of hydrogen-bond donors (Lipinski definition) is 1. The van der Waals surface area contributed by atoms with E-state index >= 15 is 0 Å². The van der Waals surface area contributed by atoms with Crippen molar-refractivity contribution < 1.29 is 4.74 Å². The summed E-state index contributed by atoms with van der Waals surface area (Å²) >= 11 is 0. The highest BCUT2D eigenvalue weighted by atomic mass is 16.5. The molecule has 0 amide bonds. The van der Waals surface area contributed by atoms with Gasteiger partial charge in [0, 0.05) is 13.3 Å². The van der Waals surface area contributed by atoms with Crippen molar-refractivity contribution in [1.82, 2.24) is 20.0 Å². The highest BCUT2D eigenvalue weighted by Crippen LogP contribution is 2.15. The molecule has 0 radical (unpaired) electrons. The van der Waals surface area contributed by atoms with Crippen molar-refractivity contribution in [3.8, 4) is 6.07 Å². The van der Waals surface area contributed by atoms with E-state index in [4.69, 9.17) is 10.00 Å². The molecule has 2 aromatic rings. The zero-order chi connectivity index (χ0) is 12.8. The van der Waals surface area contributed by atoms with Gasteiger partial charge in [0.1, 0.15) is 6.07 Å². The molecule has 0 saturated heterocycles. The Morgan fingerprint density at radius 2 is 2.44 bits per heavy atom. The maximum absolute atomic E-state index is 8.92. The Morgan fingerprint density at radius 1 is 1.56 bits per heavy atom. The summed E-state index contributed by atoms with van der Waals surface area (Å²) < 4.78 is 6.71. The molecule has 0 fully saturated rings. The number of rotatable bonds is 5. The minimum Gasteiger partial charge on any atom is -0.383 e. The van der Waals surface area contributed by atoms with Crippen LogP contribution in [0.15, 0.2) is 24.7 Å². The Bertz CT molecular complexity index is 559. The van der Waals surface area contributed by atoms with E-state index in [0.29, 0.717) is 24.5 Å². The number of methoxy groups -OCH3 is 1. The van der Waals surface area contributed by atoms with Crippen molar-refractivity contribution in [2.75, 3.05) is 19.0 Å². The van der Waals surface area contributed by atoms with Crippen LogP contribution in [0.4, 0.5) is 11.5 Å². The molecule has 2 aromatic heterocycles. The molecule has 0 aliphatic carbocycles. The Hall–Kier alpha value is -2.46. The van der Waals surface area contributed by atoms with Crippen LogP contribution >= 0.6 is 0 Å². The first-order chi connectivity index (χ1) is 8.83. The maximum atomic E-state index is 8.92. The third-order valence-electron chi connectivity index (χ3n) is 2.26. The molecule has 92 valence electrons. The highest BCUT2D eigenvalue weighted by Gasteiger charge is 2.05. The van der Waals surface area contributed by atoms with Crippen LogP contribution < -0.4 is 5.32 Å². The second-order valence-electron chi connectivity index (χ2n) is 3.52. The molecular formula is C11H12N6O. The third-order valence-corrected chi connectivity index (χ3v) is 2.26. The van der Waals surface area contributed by atoms with E-state index in [-0.39, 0.29) is 0 Å². The SMILES string of the molecule is COCCn1cc(Nc2nnccc2C#N)cn1. The molecule has 18 heavy (non-hydrogen) atoms. The number of nitrogens with one attached hydrogen (secondary N) is 1.